The minimum Gasteiger partial charge on any atom is -0.493 e. The minimum absolute atomic E-state index is 0.594. The van der Waals surface area contributed by atoms with E-state index in [4.69, 9.17) is 14.3 Å². The van der Waals surface area contributed by atoms with E-state index in [9.17, 15) is 0 Å². The minimum atomic E-state index is 0.594. The molecule has 0 fully saturated rings. The standard InChI is InChI=1S/C27H38N2O3/c1-5-6-17-31-25-19-22(2)27(23(3)20-25)32-18-13-8-7-12-16-28-21-26(29-30-4)24-14-10-9-11-15-24/h5-6,9-11,14-15,19-20,28H,7-8,12-13,16-18,21H2,1-4H3/b6-5+,29-26?. The van der Waals surface area contributed by atoms with Crippen LogP contribution in [0.25, 0.3) is 0 Å². The Morgan fingerprint density at radius 1 is 0.969 bits per heavy atom. The third kappa shape index (κ3) is 9.15. The van der Waals surface area contributed by atoms with E-state index in [1.807, 2.05) is 61.5 Å². The molecule has 1 N–H and O–H groups in total. The van der Waals surface area contributed by atoms with Crippen molar-refractivity contribution in [2.75, 3.05) is 33.4 Å². The summed E-state index contributed by atoms with van der Waals surface area (Å²) in [4.78, 5) is 4.99. The number of oxime groups is 1. The quantitative estimate of drug-likeness (QED) is 0.164. The van der Waals surface area contributed by atoms with Crippen LogP contribution in [0.3, 0.4) is 0 Å². The van der Waals surface area contributed by atoms with Gasteiger partial charge in [0.25, 0.3) is 0 Å². The van der Waals surface area contributed by atoms with E-state index in [2.05, 4.69) is 24.3 Å². The van der Waals surface area contributed by atoms with Crippen LogP contribution in [0.2, 0.25) is 0 Å². The van der Waals surface area contributed by atoms with Crippen molar-refractivity contribution in [2.45, 2.75) is 46.5 Å². The van der Waals surface area contributed by atoms with Gasteiger partial charge in [-0.2, -0.15) is 0 Å². The molecule has 0 aliphatic rings. The molecule has 2 aromatic carbocycles. The highest BCUT2D eigenvalue weighted by molar-refractivity contribution is 6.01. The lowest BCUT2D eigenvalue weighted by atomic mass is 10.1. The second-order valence-electron chi connectivity index (χ2n) is 7.79. The maximum atomic E-state index is 6.07. The number of aryl methyl sites for hydroxylation is 2. The Morgan fingerprint density at radius 3 is 2.38 bits per heavy atom. The van der Waals surface area contributed by atoms with Gasteiger partial charge in [0.05, 0.1) is 6.61 Å². The summed E-state index contributed by atoms with van der Waals surface area (Å²) >= 11 is 0. The van der Waals surface area contributed by atoms with Gasteiger partial charge < -0.3 is 19.6 Å². The number of nitrogens with zero attached hydrogens (tertiary/aromatic N) is 1. The van der Waals surface area contributed by atoms with E-state index in [0.717, 1.165) is 66.3 Å². The molecule has 0 heterocycles. The summed E-state index contributed by atoms with van der Waals surface area (Å²) in [5.41, 5.74) is 4.25. The van der Waals surface area contributed by atoms with E-state index in [1.165, 1.54) is 6.42 Å². The summed E-state index contributed by atoms with van der Waals surface area (Å²) in [5.74, 6) is 1.87. The zero-order chi connectivity index (χ0) is 23.0. The second kappa shape index (κ2) is 15.1. The van der Waals surface area contributed by atoms with Gasteiger partial charge in [-0.1, -0.05) is 60.5 Å². The fraction of sp³-hybridized carbons (Fsp3) is 0.444. The molecule has 32 heavy (non-hydrogen) atoms. The summed E-state index contributed by atoms with van der Waals surface area (Å²) in [5, 5.41) is 7.61. The molecule has 0 saturated carbocycles. The molecule has 5 nitrogen and oxygen atoms in total. The number of hydrogen-bond acceptors (Lipinski definition) is 5. The third-order valence-corrected chi connectivity index (χ3v) is 5.11. The molecule has 0 aliphatic carbocycles. The van der Waals surface area contributed by atoms with Gasteiger partial charge in [0.2, 0.25) is 0 Å². The van der Waals surface area contributed by atoms with Crippen LogP contribution in [0.4, 0.5) is 0 Å². The molecule has 0 radical (unpaired) electrons. The maximum absolute atomic E-state index is 6.07. The fourth-order valence-electron chi connectivity index (χ4n) is 3.48. The SMILES string of the molecule is C/C=C/COc1cc(C)c(OCCCCCCNCC(=NOC)c2ccccc2)c(C)c1. The van der Waals surface area contributed by atoms with Crippen molar-refractivity contribution in [2.24, 2.45) is 5.16 Å². The highest BCUT2D eigenvalue weighted by atomic mass is 16.6. The number of allylic oxidation sites excluding steroid dienone is 1. The Balaban J connectivity index is 1.61. The van der Waals surface area contributed by atoms with Gasteiger partial charge in [-0.3, -0.25) is 0 Å². The molecule has 0 saturated heterocycles. The van der Waals surface area contributed by atoms with Gasteiger partial charge in [-0.15, -0.1) is 0 Å². The summed E-state index contributed by atoms with van der Waals surface area (Å²) in [6.07, 6.45) is 8.51. The summed E-state index contributed by atoms with van der Waals surface area (Å²) < 4.78 is 11.8. The number of ether oxygens (including phenoxy) is 2. The van der Waals surface area contributed by atoms with Crippen LogP contribution < -0.4 is 14.8 Å². The molecule has 0 bridgehead atoms. The van der Waals surface area contributed by atoms with Crippen LogP contribution in [-0.2, 0) is 4.84 Å². The summed E-state index contributed by atoms with van der Waals surface area (Å²) in [6, 6.07) is 14.2. The van der Waals surface area contributed by atoms with E-state index in [1.54, 1.807) is 7.11 Å². The number of nitrogens with one attached hydrogen (secondary N) is 1. The van der Waals surface area contributed by atoms with Crippen molar-refractivity contribution >= 4 is 5.71 Å². The van der Waals surface area contributed by atoms with E-state index in [0.29, 0.717) is 13.2 Å². The number of hydrogen-bond donors (Lipinski definition) is 1. The molecule has 174 valence electrons. The Morgan fingerprint density at radius 2 is 1.69 bits per heavy atom. The zero-order valence-corrected chi connectivity index (χ0v) is 20.0. The van der Waals surface area contributed by atoms with Crippen LogP contribution in [0.1, 0.15) is 49.3 Å². The summed E-state index contributed by atoms with van der Waals surface area (Å²) in [6.45, 7) is 9.15. The molecule has 0 spiro atoms. The fourth-order valence-corrected chi connectivity index (χ4v) is 3.48. The predicted octanol–water partition coefficient (Wildman–Crippen LogP) is 5.84. The highest BCUT2D eigenvalue weighted by Gasteiger charge is 2.07. The second-order valence-corrected chi connectivity index (χ2v) is 7.79. The van der Waals surface area contributed by atoms with Crippen LogP contribution in [0, 0.1) is 13.8 Å². The van der Waals surface area contributed by atoms with Gasteiger partial charge in [0, 0.05) is 12.1 Å². The largest absolute Gasteiger partial charge is 0.493 e. The normalized spacial score (nSPS) is 11.7. The lowest BCUT2D eigenvalue weighted by Crippen LogP contribution is -2.25. The van der Waals surface area contributed by atoms with Crippen LogP contribution in [0.5, 0.6) is 11.5 Å². The van der Waals surface area contributed by atoms with Crippen molar-refractivity contribution in [3.8, 4) is 11.5 Å². The van der Waals surface area contributed by atoms with Crippen molar-refractivity contribution in [1.29, 1.82) is 0 Å². The Bertz CT molecular complexity index is 824. The highest BCUT2D eigenvalue weighted by Crippen LogP contribution is 2.28. The average molecular weight is 439 g/mol. The van der Waals surface area contributed by atoms with Gasteiger partial charge in [0.15, 0.2) is 0 Å². The molecule has 5 heteroatoms. The Kier molecular flexibility index (Phi) is 12.0. The van der Waals surface area contributed by atoms with Crippen molar-refractivity contribution in [3.63, 3.8) is 0 Å². The van der Waals surface area contributed by atoms with Gasteiger partial charge >= 0.3 is 0 Å². The number of rotatable bonds is 15. The first kappa shape index (κ1) is 25.5. The zero-order valence-electron chi connectivity index (χ0n) is 20.0. The molecular weight excluding hydrogens is 400 g/mol. The Hall–Kier alpha value is -2.79. The van der Waals surface area contributed by atoms with Crippen molar-refractivity contribution in [3.05, 3.63) is 71.3 Å². The molecule has 0 aliphatic heterocycles. The van der Waals surface area contributed by atoms with E-state index < -0.39 is 0 Å². The predicted molar refractivity (Wildman–Crippen MR) is 133 cm³/mol. The Labute approximate surface area is 193 Å². The molecule has 0 unspecified atom stereocenters. The van der Waals surface area contributed by atoms with Crippen LogP contribution in [-0.4, -0.2) is 39.1 Å². The monoisotopic (exact) mass is 438 g/mol. The molecule has 0 aromatic heterocycles. The maximum Gasteiger partial charge on any atom is 0.125 e. The summed E-state index contributed by atoms with van der Waals surface area (Å²) in [7, 11) is 1.58. The first-order valence-electron chi connectivity index (χ1n) is 11.5. The van der Waals surface area contributed by atoms with Gasteiger partial charge in [-0.25, -0.2) is 0 Å². The lowest BCUT2D eigenvalue weighted by Gasteiger charge is -2.14. The van der Waals surface area contributed by atoms with Gasteiger partial charge in [0.1, 0.15) is 30.9 Å². The van der Waals surface area contributed by atoms with Gasteiger partial charge in [-0.05, 0) is 63.4 Å². The van der Waals surface area contributed by atoms with Crippen LogP contribution >= 0.6 is 0 Å². The molecule has 2 aromatic rings. The van der Waals surface area contributed by atoms with Crippen LogP contribution in [0.15, 0.2) is 59.8 Å². The smallest absolute Gasteiger partial charge is 0.125 e. The number of unbranched alkanes of at least 4 members (excludes halogenated alkanes) is 3. The molecular formula is C27H38N2O3. The molecule has 2 rings (SSSR count). The van der Waals surface area contributed by atoms with E-state index >= 15 is 0 Å². The first-order valence-corrected chi connectivity index (χ1v) is 11.5. The third-order valence-electron chi connectivity index (χ3n) is 5.11. The average Bonchev–Trinajstić information content (AvgIpc) is 2.79. The molecule has 0 amide bonds. The van der Waals surface area contributed by atoms with Crippen molar-refractivity contribution in [1.82, 2.24) is 5.32 Å². The lowest BCUT2D eigenvalue weighted by molar-refractivity contribution is 0.213. The van der Waals surface area contributed by atoms with Crippen molar-refractivity contribution < 1.29 is 14.3 Å². The number of benzene rings is 2. The van der Waals surface area contributed by atoms with E-state index in [-0.39, 0.29) is 0 Å². The first-order chi connectivity index (χ1) is 15.7. The molecule has 0 atom stereocenters. The topological polar surface area (TPSA) is 52.1 Å².